The number of furan rings is 1. The molecule has 21 heavy (non-hydrogen) atoms. The number of likely N-dealkylation sites (N-methyl/N-ethyl adjacent to an activating group) is 1. The SMILES string of the molecule is CCN1CCC[C@H]1CNCc1cn[nH]c1-c1ccc(C)o1. The van der Waals surface area contributed by atoms with Gasteiger partial charge in [-0.2, -0.15) is 5.10 Å². The highest BCUT2D eigenvalue weighted by atomic mass is 16.3. The maximum Gasteiger partial charge on any atom is 0.152 e. The molecule has 2 N–H and O–H groups in total. The van der Waals surface area contributed by atoms with Crippen LogP contribution in [0.4, 0.5) is 0 Å². The van der Waals surface area contributed by atoms with E-state index in [0.717, 1.165) is 42.4 Å². The van der Waals surface area contributed by atoms with E-state index in [9.17, 15) is 0 Å². The van der Waals surface area contributed by atoms with Crippen molar-refractivity contribution in [2.24, 2.45) is 0 Å². The number of rotatable bonds is 6. The van der Waals surface area contributed by atoms with Crippen LogP contribution in [0, 0.1) is 6.92 Å². The Hall–Kier alpha value is -1.59. The van der Waals surface area contributed by atoms with Crippen molar-refractivity contribution < 1.29 is 4.42 Å². The van der Waals surface area contributed by atoms with Crippen molar-refractivity contribution in [2.45, 2.75) is 39.3 Å². The van der Waals surface area contributed by atoms with E-state index in [2.05, 4.69) is 27.3 Å². The Labute approximate surface area is 125 Å². The average molecular weight is 288 g/mol. The highest BCUT2D eigenvalue weighted by Crippen LogP contribution is 2.23. The van der Waals surface area contributed by atoms with E-state index in [1.807, 2.05) is 25.3 Å². The second-order valence-corrected chi connectivity index (χ2v) is 5.74. The number of hydrogen-bond acceptors (Lipinski definition) is 4. The fourth-order valence-corrected chi connectivity index (χ4v) is 3.14. The van der Waals surface area contributed by atoms with Crippen molar-refractivity contribution >= 4 is 0 Å². The van der Waals surface area contributed by atoms with E-state index in [-0.39, 0.29) is 0 Å². The summed E-state index contributed by atoms with van der Waals surface area (Å²) in [7, 11) is 0. The summed E-state index contributed by atoms with van der Waals surface area (Å²) in [4.78, 5) is 2.55. The standard InChI is InChI=1S/C16H24N4O/c1-3-20-8-4-5-14(20)11-17-9-13-10-18-19-16(13)15-7-6-12(2)21-15/h6-7,10,14,17H,3-5,8-9,11H2,1-2H3,(H,18,19)/t14-/m0/s1. The van der Waals surface area contributed by atoms with Crippen molar-refractivity contribution in [2.75, 3.05) is 19.6 Å². The van der Waals surface area contributed by atoms with Gasteiger partial charge in [0.15, 0.2) is 5.76 Å². The minimum absolute atomic E-state index is 0.677. The number of nitrogens with zero attached hydrogens (tertiary/aromatic N) is 2. The van der Waals surface area contributed by atoms with E-state index in [1.165, 1.54) is 19.4 Å². The third-order valence-corrected chi connectivity index (χ3v) is 4.31. The van der Waals surface area contributed by atoms with Crippen LogP contribution in [0.5, 0.6) is 0 Å². The van der Waals surface area contributed by atoms with Gasteiger partial charge in [-0.05, 0) is 45.0 Å². The van der Waals surface area contributed by atoms with Gasteiger partial charge in [-0.1, -0.05) is 6.92 Å². The number of H-pyrrole nitrogens is 1. The summed E-state index contributed by atoms with van der Waals surface area (Å²) < 4.78 is 5.68. The summed E-state index contributed by atoms with van der Waals surface area (Å²) in [6.45, 7) is 8.44. The van der Waals surface area contributed by atoms with Crippen molar-refractivity contribution in [3.8, 4) is 11.5 Å². The van der Waals surface area contributed by atoms with Gasteiger partial charge < -0.3 is 9.73 Å². The molecule has 3 heterocycles. The molecule has 114 valence electrons. The molecule has 0 aromatic carbocycles. The molecule has 0 amide bonds. The quantitative estimate of drug-likeness (QED) is 0.857. The molecule has 0 radical (unpaired) electrons. The number of hydrogen-bond donors (Lipinski definition) is 2. The normalized spacial score (nSPS) is 19.4. The van der Waals surface area contributed by atoms with Crippen LogP contribution >= 0.6 is 0 Å². The van der Waals surface area contributed by atoms with E-state index in [4.69, 9.17) is 4.42 Å². The largest absolute Gasteiger partial charge is 0.460 e. The molecule has 0 aliphatic carbocycles. The molecule has 5 nitrogen and oxygen atoms in total. The van der Waals surface area contributed by atoms with E-state index in [0.29, 0.717) is 6.04 Å². The van der Waals surface area contributed by atoms with Crippen molar-refractivity contribution in [1.29, 1.82) is 0 Å². The minimum atomic E-state index is 0.677. The number of aromatic amines is 1. The molecule has 1 aliphatic heterocycles. The Morgan fingerprint density at radius 3 is 3.14 bits per heavy atom. The summed E-state index contributed by atoms with van der Waals surface area (Å²) in [5.41, 5.74) is 2.14. The smallest absolute Gasteiger partial charge is 0.152 e. The van der Waals surface area contributed by atoms with Gasteiger partial charge in [0, 0.05) is 24.7 Å². The first-order valence-corrected chi connectivity index (χ1v) is 7.81. The average Bonchev–Trinajstić information content (AvgIpc) is 3.19. The van der Waals surface area contributed by atoms with Crippen molar-refractivity contribution in [1.82, 2.24) is 20.4 Å². The lowest BCUT2D eigenvalue weighted by Crippen LogP contribution is -2.37. The lowest BCUT2D eigenvalue weighted by molar-refractivity contribution is 0.260. The number of nitrogens with one attached hydrogen (secondary N) is 2. The van der Waals surface area contributed by atoms with E-state index >= 15 is 0 Å². The van der Waals surface area contributed by atoms with Gasteiger partial charge in [0.2, 0.25) is 0 Å². The van der Waals surface area contributed by atoms with Crippen LogP contribution in [-0.2, 0) is 6.54 Å². The Kier molecular flexibility index (Phi) is 4.41. The van der Waals surface area contributed by atoms with E-state index < -0.39 is 0 Å². The predicted molar refractivity (Wildman–Crippen MR) is 83.0 cm³/mol. The zero-order valence-corrected chi connectivity index (χ0v) is 12.9. The maximum absolute atomic E-state index is 5.68. The summed E-state index contributed by atoms with van der Waals surface area (Å²) in [5.74, 6) is 1.78. The Bertz CT molecular complexity index is 574. The molecule has 1 atom stereocenters. The minimum Gasteiger partial charge on any atom is -0.460 e. The molecule has 0 bridgehead atoms. The Balaban J connectivity index is 1.58. The summed E-state index contributed by atoms with van der Waals surface area (Å²) >= 11 is 0. The first kappa shape index (κ1) is 14.4. The molecule has 1 saturated heterocycles. The summed E-state index contributed by atoms with van der Waals surface area (Å²) in [5, 5.41) is 10.8. The van der Waals surface area contributed by atoms with Gasteiger partial charge in [-0.15, -0.1) is 0 Å². The second-order valence-electron chi connectivity index (χ2n) is 5.74. The lowest BCUT2D eigenvalue weighted by atomic mass is 10.2. The van der Waals surface area contributed by atoms with Crippen LogP contribution in [0.15, 0.2) is 22.7 Å². The van der Waals surface area contributed by atoms with E-state index in [1.54, 1.807) is 0 Å². The first-order chi connectivity index (χ1) is 10.3. The predicted octanol–water partition coefficient (Wildman–Crippen LogP) is 2.55. The Morgan fingerprint density at radius 2 is 2.38 bits per heavy atom. The molecule has 3 rings (SSSR count). The zero-order chi connectivity index (χ0) is 14.7. The molecule has 2 aromatic heterocycles. The molecular weight excluding hydrogens is 264 g/mol. The number of likely N-dealkylation sites (tertiary alicyclic amines) is 1. The Morgan fingerprint density at radius 1 is 1.48 bits per heavy atom. The number of aromatic nitrogens is 2. The third kappa shape index (κ3) is 3.19. The number of aryl methyl sites for hydroxylation is 1. The first-order valence-electron chi connectivity index (χ1n) is 7.81. The highest BCUT2D eigenvalue weighted by Gasteiger charge is 2.22. The topological polar surface area (TPSA) is 57.1 Å². The molecule has 2 aromatic rings. The fraction of sp³-hybridized carbons (Fsp3) is 0.562. The molecule has 1 fully saturated rings. The maximum atomic E-state index is 5.68. The van der Waals surface area contributed by atoms with Crippen LogP contribution < -0.4 is 5.32 Å². The third-order valence-electron chi connectivity index (χ3n) is 4.31. The highest BCUT2D eigenvalue weighted by molar-refractivity contribution is 5.56. The molecule has 0 unspecified atom stereocenters. The van der Waals surface area contributed by atoms with Crippen molar-refractivity contribution in [3.05, 3.63) is 29.7 Å². The molecule has 0 saturated carbocycles. The van der Waals surface area contributed by atoms with Crippen LogP contribution in [-0.4, -0.2) is 40.8 Å². The fourth-order valence-electron chi connectivity index (χ4n) is 3.14. The van der Waals surface area contributed by atoms with Gasteiger partial charge in [0.1, 0.15) is 11.5 Å². The van der Waals surface area contributed by atoms with Crippen LogP contribution in [0.2, 0.25) is 0 Å². The van der Waals surface area contributed by atoms with Crippen LogP contribution in [0.25, 0.3) is 11.5 Å². The monoisotopic (exact) mass is 288 g/mol. The van der Waals surface area contributed by atoms with Crippen LogP contribution in [0.3, 0.4) is 0 Å². The van der Waals surface area contributed by atoms with Crippen molar-refractivity contribution in [3.63, 3.8) is 0 Å². The van der Waals surface area contributed by atoms with Gasteiger partial charge in [0.25, 0.3) is 0 Å². The summed E-state index contributed by atoms with van der Waals surface area (Å²) in [6, 6.07) is 4.64. The molecule has 5 heteroatoms. The summed E-state index contributed by atoms with van der Waals surface area (Å²) in [6.07, 6.45) is 4.51. The van der Waals surface area contributed by atoms with Crippen LogP contribution in [0.1, 0.15) is 31.1 Å². The molecule has 1 aliphatic rings. The zero-order valence-electron chi connectivity index (χ0n) is 12.9. The molecular formula is C16H24N4O. The second kappa shape index (κ2) is 6.45. The van der Waals surface area contributed by atoms with Gasteiger partial charge in [-0.25, -0.2) is 0 Å². The lowest BCUT2D eigenvalue weighted by Gasteiger charge is -2.22. The van der Waals surface area contributed by atoms with Gasteiger partial charge in [-0.3, -0.25) is 10.00 Å². The molecule has 0 spiro atoms. The van der Waals surface area contributed by atoms with Gasteiger partial charge >= 0.3 is 0 Å². The van der Waals surface area contributed by atoms with Gasteiger partial charge in [0.05, 0.1) is 6.20 Å².